The summed E-state index contributed by atoms with van der Waals surface area (Å²) in [6.45, 7) is 1.66. The van der Waals surface area contributed by atoms with Crippen LogP contribution in [0.15, 0.2) is 18.2 Å². The van der Waals surface area contributed by atoms with E-state index >= 15 is 0 Å². The van der Waals surface area contributed by atoms with Gasteiger partial charge in [0.2, 0.25) is 0 Å². The summed E-state index contributed by atoms with van der Waals surface area (Å²) in [5.41, 5.74) is -0.00676. The van der Waals surface area contributed by atoms with E-state index in [4.69, 9.17) is 5.11 Å². The Morgan fingerprint density at radius 3 is 2.57 bits per heavy atom. The molecule has 0 unspecified atom stereocenters. The molecule has 0 atom stereocenters. The molecule has 0 aromatic heterocycles. The molecule has 2 nitrogen and oxygen atoms in total. The smallest absolute Gasteiger partial charge is 0.335 e. The lowest BCUT2D eigenvalue weighted by molar-refractivity contribution is 0.0695. The van der Waals surface area contributed by atoms with Crippen LogP contribution in [0.3, 0.4) is 0 Å². The lowest BCUT2D eigenvalue weighted by Gasteiger charge is -2.09. The predicted octanol–water partition coefficient (Wildman–Crippen LogP) is 2.88. The number of alkyl halides is 2. The van der Waals surface area contributed by atoms with Crippen molar-refractivity contribution in [2.24, 2.45) is 0 Å². The maximum atomic E-state index is 12.5. The number of benzene rings is 1. The molecule has 0 saturated heterocycles. The zero-order valence-corrected chi connectivity index (χ0v) is 7.63. The topological polar surface area (TPSA) is 37.3 Å². The Labute approximate surface area is 80.2 Å². The van der Waals surface area contributed by atoms with Gasteiger partial charge in [0.25, 0.3) is 6.43 Å². The van der Waals surface area contributed by atoms with Gasteiger partial charge in [0.15, 0.2) is 0 Å². The molecular formula is C10H10F2O2. The van der Waals surface area contributed by atoms with Gasteiger partial charge in [0.05, 0.1) is 5.56 Å². The number of hydrogen-bond donors (Lipinski definition) is 1. The van der Waals surface area contributed by atoms with Gasteiger partial charge in [-0.1, -0.05) is 19.1 Å². The molecule has 0 fully saturated rings. The molecule has 0 bridgehead atoms. The molecule has 0 aliphatic rings. The summed E-state index contributed by atoms with van der Waals surface area (Å²) in [6, 6.07) is 3.94. The standard InChI is InChI=1S/C10H10F2O2/c1-2-6-7(9(11)12)4-3-5-8(6)10(13)14/h3-5,9H,2H2,1H3,(H,13,14). The van der Waals surface area contributed by atoms with Gasteiger partial charge in [0.1, 0.15) is 0 Å². The third-order valence-electron chi connectivity index (χ3n) is 2.03. The normalized spacial score (nSPS) is 10.6. The second kappa shape index (κ2) is 4.17. The maximum Gasteiger partial charge on any atom is 0.335 e. The number of hydrogen-bond acceptors (Lipinski definition) is 1. The molecule has 0 aliphatic heterocycles. The largest absolute Gasteiger partial charge is 0.478 e. The van der Waals surface area contributed by atoms with E-state index in [1.54, 1.807) is 6.92 Å². The van der Waals surface area contributed by atoms with Gasteiger partial charge in [-0.25, -0.2) is 13.6 Å². The second-order valence-electron chi connectivity index (χ2n) is 2.83. The first-order chi connectivity index (χ1) is 6.57. The van der Waals surface area contributed by atoms with Gasteiger partial charge in [0, 0.05) is 5.56 Å². The first kappa shape index (κ1) is 10.6. The molecule has 0 saturated carbocycles. The molecular weight excluding hydrogens is 190 g/mol. The van der Waals surface area contributed by atoms with Crippen LogP contribution in [0.25, 0.3) is 0 Å². The predicted molar refractivity (Wildman–Crippen MR) is 47.7 cm³/mol. The van der Waals surface area contributed by atoms with Gasteiger partial charge in [-0.2, -0.15) is 0 Å². The van der Waals surface area contributed by atoms with Crippen LogP contribution in [-0.4, -0.2) is 11.1 Å². The molecule has 1 aromatic rings. The SMILES string of the molecule is CCc1c(C(=O)O)cccc1C(F)F. The van der Waals surface area contributed by atoms with E-state index in [1.807, 2.05) is 0 Å². The van der Waals surface area contributed by atoms with Crippen LogP contribution in [0, 0.1) is 0 Å². The highest BCUT2D eigenvalue weighted by molar-refractivity contribution is 5.89. The number of carboxylic acids is 1. The first-order valence-electron chi connectivity index (χ1n) is 4.21. The van der Waals surface area contributed by atoms with Crippen molar-refractivity contribution in [2.45, 2.75) is 19.8 Å². The molecule has 0 radical (unpaired) electrons. The summed E-state index contributed by atoms with van der Waals surface area (Å²) in [6.07, 6.45) is -2.33. The molecule has 0 spiro atoms. The van der Waals surface area contributed by atoms with Crippen LogP contribution in [0.2, 0.25) is 0 Å². The van der Waals surface area contributed by atoms with Crippen LogP contribution in [0.1, 0.15) is 34.8 Å². The number of carbonyl (C=O) groups is 1. The average molecular weight is 200 g/mol. The van der Waals surface area contributed by atoms with Crippen molar-refractivity contribution >= 4 is 5.97 Å². The molecule has 76 valence electrons. The summed E-state index contributed by atoms with van der Waals surface area (Å²) in [4.78, 5) is 10.7. The second-order valence-corrected chi connectivity index (χ2v) is 2.83. The monoisotopic (exact) mass is 200 g/mol. The molecule has 14 heavy (non-hydrogen) atoms. The minimum absolute atomic E-state index is 0.0368. The quantitative estimate of drug-likeness (QED) is 0.814. The van der Waals surface area contributed by atoms with Gasteiger partial charge in [-0.15, -0.1) is 0 Å². The zero-order chi connectivity index (χ0) is 10.7. The Balaban J connectivity index is 3.32. The Morgan fingerprint density at radius 2 is 2.14 bits per heavy atom. The highest BCUT2D eigenvalue weighted by Gasteiger charge is 2.17. The Hall–Kier alpha value is -1.45. The number of aromatic carboxylic acids is 1. The summed E-state index contributed by atoms with van der Waals surface area (Å²) >= 11 is 0. The van der Waals surface area contributed by atoms with Crippen molar-refractivity contribution in [3.63, 3.8) is 0 Å². The van der Waals surface area contributed by atoms with Crippen molar-refractivity contribution < 1.29 is 18.7 Å². The van der Waals surface area contributed by atoms with E-state index in [-0.39, 0.29) is 16.7 Å². The van der Waals surface area contributed by atoms with Crippen LogP contribution in [0.4, 0.5) is 8.78 Å². The van der Waals surface area contributed by atoms with Gasteiger partial charge in [-0.05, 0) is 18.1 Å². The molecule has 0 heterocycles. The lowest BCUT2D eigenvalue weighted by Crippen LogP contribution is -2.05. The number of halogens is 2. The minimum atomic E-state index is -2.62. The summed E-state index contributed by atoms with van der Waals surface area (Å²) < 4.78 is 24.9. The molecule has 1 aromatic carbocycles. The molecule has 1 N–H and O–H groups in total. The van der Waals surface area contributed by atoms with E-state index < -0.39 is 12.4 Å². The van der Waals surface area contributed by atoms with E-state index in [1.165, 1.54) is 18.2 Å². The van der Waals surface area contributed by atoms with Gasteiger partial charge in [-0.3, -0.25) is 0 Å². The molecule has 0 aliphatic carbocycles. The van der Waals surface area contributed by atoms with Gasteiger partial charge >= 0.3 is 5.97 Å². The van der Waals surface area contributed by atoms with Crippen molar-refractivity contribution in [3.8, 4) is 0 Å². The van der Waals surface area contributed by atoms with Crippen LogP contribution >= 0.6 is 0 Å². The zero-order valence-electron chi connectivity index (χ0n) is 7.63. The summed E-state index contributed by atoms with van der Waals surface area (Å²) in [5, 5.41) is 8.76. The van der Waals surface area contributed by atoms with E-state index in [9.17, 15) is 13.6 Å². The van der Waals surface area contributed by atoms with Crippen molar-refractivity contribution in [1.29, 1.82) is 0 Å². The van der Waals surface area contributed by atoms with Crippen molar-refractivity contribution in [2.75, 3.05) is 0 Å². The van der Waals surface area contributed by atoms with Crippen molar-refractivity contribution in [1.82, 2.24) is 0 Å². The fourth-order valence-corrected chi connectivity index (χ4v) is 1.40. The molecule has 4 heteroatoms. The summed E-state index contributed by atoms with van der Waals surface area (Å²) in [5.74, 6) is -1.16. The molecule has 0 amide bonds. The fraction of sp³-hybridized carbons (Fsp3) is 0.300. The average Bonchev–Trinajstić information content (AvgIpc) is 2.16. The van der Waals surface area contributed by atoms with Crippen LogP contribution in [0.5, 0.6) is 0 Å². The highest BCUT2D eigenvalue weighted by atomic mass is 19.3. The lowest BCUT2D eigenvalue weighted by atomic mass is 9.99. The third kappa shape index (κ3) is 1.89. The van der Waals surface area contributed by atoms with Crippen LogP contribution < -0.4 is 0 Å². The van der Waals surface area contributed by atoms with Crippen LogP contribution in [-0.2, 0) is 6.42 Å². The Kier molecular flexibility index (Phi) is 3.17. The first-order valence-corrected chi connectivity index (χ1v) is 4.21. The maximum absolute atomic E-state index is 12.5. The highest BCUT2D eigenvalue weighted by Crippen LogP contribution is 2.25. The number of carboxylic acid groups (broad SMARTS) is 1. The Bertz CT molecular complexity index is 348. The Morgan fingerprint density at radius 1 is 1.50 bits per heavy atom. The minimum Gasteiger partial charge on any atom is -0.478 e. The van der Waals surface area contributed by atoms with E-state index in [0.29, 0.717) is 6.42 Å². The van der Waals surface area contributed by atoms with Crippen molar-refractivity contribution in [3.05, 3.63) is 34.9 Å². The summed E-state index contributed by atoms with van der Waals surface area (Å²) in [7, 11) is 0. The third-order valence-corrected chi connectivity index (χ3v) is 2.03. The van der Waals surface area contributed by atoms with Gasteiger partial charge < -0.3 is 5.11 Å². The number of rotatable bonds is 3. The van der Waals surface area contributed by atoms with E-state index in [2.05, 4.69) is 0 Å². The fourth-order valence-electron chi connectivity index (χ4n) is 1.40. The van der Waals surface area contributed by atoms with E-state index in [0.717, 1.165) is 0 Å². The molecule has 1 rings (SSSR count).